The molecule has 3 nitrogen and oxygen atoms in total. The Morgan fingerprint density at radius 3 is 2.55 bits per heavy atom. The number of hydrogen-bond donors (Lipinski definition) is 1. The molecule has 22 heavy (non-hydrogen) atoms. The molecule has 0 aromatic heterocycles. The van der Waals surface area contributed by atoms with Gasteiger partial charge < -0.3 is 10.2 Å². The molecule has 0 saturated heterocycles. The molecule has 0 radical (unpaired) electrons. The summed E-state index contributed by atoms with van der Waals surface area (Å²) in [6.45, 7) is 4.80. The Hall–Kier alpha value is -2.20. The first kappa shape index (κ1) is 16.2. The van der Waals surface area contributed by atoms with E-state index in [1.54, 1.807) is 22.7 Å². The molecule has 0 aliphatic carbocycles. The molecule has 0 spiro atoms. The SMILES string of the molecule is C=CCN(Cc1ccccc1)C(=O)Nc1ccccc1SC. The summed E-state index contributed by atoms with van der Waals surface area (Å²) in [5, 5.41) is 2.98. The highest BCUT2D eigenvalue weighted by Crippen LogP contribution is 2.25. The average Bonchev–Trinajstić information content (AvgIpc) is 2.56. The molecule has 0 bridgehead atoms. The molecule has 2 aromatic rings. The third kappa shape index (κ3) is 4.40. The van der Waals surface area contributed by atoms with Crippen LogP contribution in [0.1, 0.15) is 5.56 Å². The van der Waals surface area contributed by atoms with E-state index in [9.17, 15) is 4.79 Å². The largest absolute Gasteiger partial charge is 0.322 e. The number of rotatable bonds is 6. The summed E-state index contributed by atoms with van der Waals surface area (Å²) in [6, 6.07) is 17.6. The fourth-order valence-electron chi connectivity index (χ4n) is 2.12. The van der Waals surface area contributed by atoms with E-state index in [1.807, 2.05) is 60.9 Å². The minimum absolute atomic E-state index is 0.120. The van der Waals surface area contributed by atoms with Gasteiger partial charge in [-0.05, 0) is 24.0 Å². The maximum Gasteiger partial charge on any atom is 0.322 e. The van der Waals surface area contributed by atoms with Crippen LogP contribution in [0.3, 0.4) is 0 Å². The van der Waals surface area contributed by atoms with Gasteiger partial charge in [0.05, 0.1) is 5.69 Å². The first-order valence-electron chi connectivity index (χ1n) is 7.08. The molecule has 4 heteroatoms. The fraction of sp³-hybridized carbons (Fsp3) is 0.167. The number of anilines is 1. The quantitative estimate of drug-likeness (QED) is 0.623. The van der Waals surface area contributed by atoms with Gasteiger partial charge in [0.25, 0.3) is 0 Å². The molecule has 0 aliphatic heterocycles. The second kappa shape index (κ2) is 8.29. The first-order chi connectivity index (χ1) is 10.7. The summed E-state index contributed by atoms with van der Waals surface area (Å²) in [5.74, 6) is 0. The lowest BCUT2D eigenvalue weighted by Crippen LogP contribution is -2.34. The Labute approximate surface area is 136 Å². The van der Waals surface area contributed by atoms with Crippen LogP contribution < -0.4 is 5.32 Å². The minimum Gasteiger partial charge on any atom is -0.316 e. The number of hydrogen-bond acceptors (Lipinski definition) is 2. The monoisotopic (exact) mass is 312 g/mol. The number of benzene rings is 2. The van der Waals surface area contributed by atoms with Crippen molar-refractivity contribution in [2.45, 2.75) is 11.4 Å². The molecule has 114 valence electrons. The van der Waals surface area contributed by atoms with Gasteiger partial charge in [0.15, 0.2) is 0 Å². The Bertz CT molecular complexity index is 628. The van der Waals surface area contributed by atoms with Gasteiger partial charge in [0, 0.05) is 18.0 Å². The summed E-state index contributed by atoms with van der Waals surface area (Å²) < 4.78 is 0. The highest BCUT2D eigenvalue weighted by Gasteiger charge is 2.14. The lowest BCUT2D eigenvalue weighted by molar-refractivity contribution is 0.215. The molecule has 0 fully saturated rings. The Kier molecular flexibility index (Phi) is 6.10. The number of para-hydroxylation sites is 1. The second-order valence-corrected chi connectivity index (χ2v) is 5.63. The highest BCUT2D eigenvalue weighted by molar-refractivity contribution is 7.98. The van der Waals surface area contributed by atoms with Gasteiger partial charge in [-0.15, -0.1) is 18.3 Å². The average molecular weight is 312 g/mol. The van der Waals surface area contributed by atoms with E-state index in [0.717, 1.165) is 16.1 Å². The van der Waals surface area contributed by atoms with Crippen molar-refractivity contribution in [2.24, 2.45) is 0 Å². The highest BCUT2D eigenvalue weighted by atomic mass is 32.2. The number of carbonyl (C=O) groups excluding carboxylic acids is 1. The standard InChI is InChI=1S/C18H20N2OS/c1-3-13-20(14-15-9-5-4-6-10-15)18(21)19-16-11-7-8-12-17(16)22-2/h3-12H,1,13-14H2,2H3,(H,19,21). The van der Waals surface area contributed by atoms with Crippen LogP contribution in [0.4, 0.5) is 10.5 Å². The summed E-state index contributed by atoms with van der Waals surface area (Å²) in [4.78, 5) is 15.3. The molecular formula is C18H20N2OS. The summed E-state index contributed by atoms with van der Waals surface area (Å²) in [6.07, 6.45) is 3.74. The van der Waals surface area contributed by atoms with Crippen molar-refractivity contribution in [3.05, 3.63) is 72.8 Å². The number of nitrogens with zero attached hydrogens (tertiary/aromatic N) is 1. The van der Waals surface area contributed by atoms with Crippen molar-refractivity contribution in [1.82, 2.24) is 4.90 Å². The molecule has 0 unspecified atom stereocenters. The number of nitrogens with one attached hydrogen (secondary N) is 1. The van der Waals surface area contributed by atoms with Gasteiger partial charge >= 0.3 is 6.03 Å². The van der Waals surface area contributed by atoms with Gasteiger partial charge in [-0.2, -0.15) is 0 Å². The molecule has 0 saturated carbocycles. The third-order valence-electron chi connectivity index (χ3n) is 3.20. The molecule has 0 aliphatic rings. The van der Waals surface area contributed by atoms with Crippen molar-refractivity contribution in [3.8, 4) is 0 Å². The van der Waals surface area contributed by atoms with E-state index in [4.69, 9.17) is 0 Å². The molecule has 0 atom stereocenters. The van der Waals surface area contributed by atoms with Crippen molar-refractivity contribution < 1.29 is 4.79 Å². The number of amides is 2. The van der Waals surface area contributed by atoms with Gasteiger partial charge in [0.1, 0.15) is 0 Å². The zero-order valence-electron chi connectivity index (χ0n) is 12.7. The van der Waals surface area contributed by atoms with Crippen LogP contribution in [0.15, 0.2) is 72.1 Å². The number of urea groups is 1. The van der Waals surface area contributed by atoms with E-state index in [2.05, 4.69) is 11.9 Å². The van der Waals surface area contributed by atoms with E-state index < -0.39 is 0 Å². The first-order valence-corrected chi connectivity index (χ1v) is 8.31. The van der Waals surface area contributed by atoms with E-state index in [1.165, 1.54) is 0 Å². The van der Waals surface area contributed by atoms with E-state index >= 15 is 0 Å². The van der Waals surface area contributed by atoms with Gasteiger partial charge in [-0.3, -0.25) is 0 Å². The maximum absolute atomic E-state index is 12.5. The Morgan fingerprint density at radius 2 is 1.86 bits per heavy atom. The van der Waals surface area contributed by atoms with Crippen LogP contribution in [0.5, 0.6) is 0 Å². The van der Waals surface area contributed by atoms with E-state index in [-0.39, 0.29) is 6.03 Å². The molecule has 0 heterocycles. The molecule has 2 rings (SSSR count). The summed E-state index contributed by atoms with van der Waals surface area (Å²) in [7, 11) is 0. The summed E-state index contributed by atoms with van der Waals surface area (Å²) in [5.41, 5.74) is 1.93. The molecule has 2 amide bonds. The second-order valence-electron chi connectivity index (χ2n) is 4.79. The lowest BCUT2D eigenvalue weighted by atomic mass is 10.2. The molecular weight excluding hydrogens is 292 g/mol. The molecule has 2 aromatic carbocycles. The van der Waals surface area contributed by atoms with Crippen LogP contribution in [0, 0.1) is 0 Å². The molecule has 1 N–H and O–H groups in total. The van der Waals surface area contributed by atoms with E-state index in [0.29, 0.717) is 13.1 Å². The predicted molar refractivity (Wildman–Crippen MR) is 94.3 cm³/mol. The van der Waals surface area contributed by atoms with Crippen LogP contribution in [0.25, 0.3) is 0 Å². The smallest absolute Gasteiger partial charge is 0.316 e. The van der Waals surface area contributed by atoms with Crippen LogP contribution in [0.2, 0.25) is 0 Å². The normalized spacial score (nSPS) is 10.0. The van der Waals surface area contributed by atoms with Gasteiger partial charge in [0.2, 0.25) is 0 Å². The fourth-order valence-corrected chi connectivity index (χ4v) is 2.67. The Morgan fingerprint density at radius 1 is 1.18 bits per heavy atom. The third-order valence-corrected chi connectivity index (χ3v) is 4.00. The van der Waals surface area contributed by atoms with Gasteiger partial charge in [-0.1, -0.05) is 48.5 Å². The van der Waals surface area contributed by atoms with Crippen LogP contribution in [-0.2, 0) is 6.54 Å². The summed E-state index contributed by atoms with van der Waals surface area (Å²) >= 11 is 1.61. The van der Waals surface area contributed by atoms with Gasteiger partial charge in [-0.25, -0.2) is 4.79 Å². The zero-order chi connectivity index (χ0) is 15.8. The maximum atomic E-state index is 12.5. The lowest BCUT2D eigenvalue weighted by Gasteiger charge is -2.22. The topological polar surface area (TPSA) is 32.3 Å². The zero-order valence-corrected chi connectivity index (χ0v) is 13.5. The van der Waals surface area contributed by atoms with Crippen molar-refractivity contribution in [3.63, 3.8) is 0 Å². The minimum atomic E-state index is -0.120. The Balaban J connectivity index is 2.11. The predicted octanol–water partition coefficient (Wildman–Crippen LogP) is 4.63. The van der Waals surface area contributed by atoms with Crippen molar-refractivity contribution in [2.75, 3.05) is 18.1 Å². The van der Waals surface area contributed by atoms with Crippen molar-refractivity contribution in [1.29, 1.82) is 0 Å². The number of carbonyl (C=O) groups is 1. The number of thioether (sulfide) groups is 1. The van der Waals surface area contributed by atoms with Crippen LogP contribution in [-0.4, -0.2) is 23.7 Å². The van der Waals surface area contributed by atoms with Crippen molar-refractivity contribution >= 4 is 23.5 Å². The van der Waals surface area contributed by atoms with Crippen LogP contribution >= 0.6 is 11.8 Å².